The smallest absolute Gasteiger partial charge is 0.240 e. The molecule has 0 spiro atoms. The first-order chi connectivity index (χ1) is 8.92. The van der Waals surface area contributed by atoms with Crippen LogP contribution in [0.3, 0.4) is 0 Å². The summed E-state index contributed by atoms with van der Waals surface area (Å²) >= 11 is 0. The molecule has 19 heavy (non-hydrogen) atoms. The Morgan fingerprint density at radius 1 is 1.32 bits per heavy atom. The summed E-state index contributed by atoms with van der Waals surface area (Å²) < 4.78 is 25.9. The molecule has 1 aromatic rings. The number of rotatable bonds is 7. The van der Waals surface area contributed by atoms with Crippen LogP contribution < -0.4 is 15.4 Å². The van der Waals surface area contributed by atoms with Gasteiger partial charge in [-0.25, -0.2) is 13.1 Å². The predicted molar refractivity (Wildman–Crippen MR) is 79.9 cm³/mol. The van der Waals surface area contributed by atoms with Gasteiger partial charge in [-0.05, 0) is 31.7 Å². The van der Waals surface area contributed by atoms with E-state index < -0.39 is 10.0 Å². The Hall–Kier alpha value is -1.27. The lowest BCUT2D eigenvalue weighted by atomic mass is 10.2. The number of nitrogens with zero attached hydrogens (tertiary/aromatic N) is 1. The quantitative estimate of drug-likeness (QED) is 0.592. The standard InChI is InChI=1S/C13H23N3O2S/c1-4-5-6-9-16(3)13-10-11(7-8-12(13)14)19(17,18)15-2/h7-8,10,15H,4-6,9,14H2,1-3H3. The number of hydrogen-bond acceptors (Lipinski definition) is 4. The third kappa shape index (κ3) is 4.11. The highest BCUT2D eigenvalue weighted by Gasteiger charge is 2.14. The second-order valence-electron chi connectivity index (χ2n) is 4.56. The van der Waals surface area contributed by atoms with Crippen LogP contribution in [0.2, 0.25) is 0 Å². The van der Waals surface area contributed by atoms with Crippen molar-refractivity contribution >= 4 is 21.4 Å². The lowest BCUT2D eigenvalue weighted by molar-refractivity contribution is 0.588. The Bertz CT molecular complexity index is 515. The predicted octanol–water partition coefficient (Wildman–Crippen LogP) is 1.80. The highest BCUT2D eigenvalue weighted by atomic mass is 32.2. The molecule has 108 valence electrons. The first kappa shape index (κ1) is 15.8. The van der Waals surface area contributed by atoms with Crippen LogP contribution in [0.25, 0.3) is 0 Å². The van der Waals surface area contributed by atoms with E-state index in [1.165, 1.54) is 13.1 Å². The molecule has 0 unspecified atom stereocenters. The van der Waals surface area contributed by atoms with E-state index in [-0.39, 0.29) is 4.90 Å². The van der Waals surface area contributed by atoms with Crippen molar-refractivity contribution in [2.75, 3.05) is 31.3 Å². The molecule has 0 bridgehead atoms. The van der Waals surface area contributed by atoms with Crippen LogP contribution in [0.5, 0.6) is 0 Å². The van der Waals surface area contributed by atoms with Crippen molar-refractivity contribution in [3.05, 3.63) is 18.2 Å². The van der Waals surface area contributed by atoms with Gasteiger partial charge in [0.25, 0.3) is 0 Å². The van der Waals surface area contributed by atoms with E-state index in [4.69, 9.17) is 5.73 Å². The van der Waals surface area contributed by atoms with E-state index in [9.17, 15) is 8.42 Å². The molecular formula is C13H23N3O2S. The van der Waals surface area contributed by atoms with Crippen LogP contribution >= 0.6 is 0 Å². The maximum atomic E-state index is 11.8. The third-order valence-corrected chi connectivity index (χ3v) is 4.50. The third-order valence-electron chi connectivity index (χ3n) is 3.09. The minimum Gasteiger partial charge on any atom is -0.397 e. The molecule has 5 nitrogen and oxygen atoms in total. The maximum absolute atomic E-state index is 11.8. The molecule has 0 saturated heterocycles. The summed E-state index contributed by atoms with van der Waals surface area (Å²) in [6.45, 7) is 3.01. The van der Waals surface area contributed by atoms with E-state index in [2.05, 4.69) is 11.6 Å². The van der Waals surface area contributed by atoms with Crippen LogP contribution in [0.15, 0.2) is 23.1 Å². The number of nitrogen functional groups attached to an aromatic ring is 1. The molecule has 0 fully saturated rings. The molecule has 6 heteroatoms. The fraction of sp³-hybridized carbons (Fsp3) is 0.538. The molecule has 1 aromatic carbocycles. The van der Waals surface area contributed by atoms with Gasteiger partial charge in [-0.3, -0.25) is 0 Å². The molecule has 0 radical (unpaired) electrons. The van der Waals surface area contributed by atoms with Gasteiger partial charge in [0.05, 0.1) is 16.3 Å². The van der Waals surface area contributed by atoms with Gasteiger partial charge in [0, 0.05) is 13.6 Å². The van der Waals surface area contributed by atoms with Crippen molar-refractivity contribution in [3.63, 3.8) is 0 Å². The summed E-state index contributed by atoms with van der Waals surface area (Å²) in [6.07, 6.45) is 3.37. The van der Waals surface area contributed by atoms with Gasteiger partial charge in [0.15, 0.2) is 0 Å². The lowest BCUT2D eigenvalue weighted by Gasteiger charge is -2.21. The van der Waals surface area contributed by atoms with E-state index in [1.807, 2.05) is 11.9 Å². The molecule has 0 aliphatic rings. The van der Waals surface area contributed by atoms with Crippen LogP contribution in [0.4, 0.5) is 11.4 Å². The minimum atomic E-state index is -3.43. The van der Waals surface area contributed by atoms with Crippen LogP contribution in [0, 0.1) is 0 Å². The summed E-state index contributed by atoms with van der Waals surface area (Å²) in [5, 5.41) is 0. The number of hydrogen-bond donors (Lipinski definition) is 2. The Morgan fingerprint density at radius 2 is 2.00 bits per heavy atom. The maximum Gasteiger partial charge on any atom is 0.240 e. The van der Waals surface area contributed by atoms with Gasteiger partial charge in [0.1, 0.15) is 0 Å². The van der Waals surface area contributed by atoms with Crippen LogP contribution in [-0.2, 0) is 10.0 Å². The van der Waals surface area contributed by atoms with Gasteiger partial charge in [-0.15, -0.1) is 0 Å². The van der Waals surface area contributed by atoms with Gasteiger partial charge in [0.2, 0.25) is 10.0 Å². The lowest BCUT2D eigenvalue weighted by Crippen LogP contribution is -2.22. The zero-order valence-electron chi connectivity index (χ0n) is 11.8. The topological polar surface area (TPSA) is 75.4 Å². The zero-order chi connectivity index (χ0) is 14.5. The second kappa shape index (κ2) is 6.77. The molecule has 0 atom stereocenters. The fourth-order valence-electron chi connectivity index (χ4n) is 1.86. The van der Waals surface area contributed by atoms with E-state index in [1.54, 1.807) is 12.1 Å². The van der Waals surface area contributed by atoms with Crippen molar-refractivity contribution in [1.29, 1.82) is 0 Å². The average molecular weight is 285 g/mol. The highest BCUT2D eigenvalue weighted by molar-refractivity contribution is 7.89. The molecule has 0 amide bonds. The first-order valence-electron chi connectivity index (χ1n) is 6.46. The minimum absolute atomic E-state index is 0.238. The van der Waals surface area contributed by atoms with Crippen molar-refractivity contribution < 1.29 is 8.42 Å². The van der Waals surface area contributed by atoms with Gasteiger partial charge >= 0.3 is 0 Å². The number of unbranched alkanes of at least 4 members (excludes halogenated alkanes) is 2. The van der Waals surface area contributed by atoms with Crippen LogP contribution in [0.1, 0.15) is 26.2 Å². The van der Waals surface area contributed by atoms with Gasteiger partial charge in [-0.2, -0.15) is 0 Å². The molecular weight excluding hydrogens is 262 g/mol. The van der Waals surface area contributed by atoms with E-state index in [0.29, 0.717) is 5.69 Å². The zero-order valence-corrected chi connectivity index (χ0v) is 12.6. The van der Waals surface area contributed by atoms with Crippen molar-refractivity contribution in [2.24, 2.45) is 0 Å². The molecule has 0 aliphatic carbocycles. The molecule has 0 saturated carbocycles. The van der Waals surface area contributed by atoms with Gasteiger partial charge in [-0.1, -0.05) is 19.8 Å². The Morgan fingerprint density at radius 3 is 2.58 bits per heavy atom. The largest absolute Gasteiger partial charge is 0.397 e. The summed E-state index contributed by atoms with van der Waals surface area (Å²) in [7, 11) is -0.102. The van der Waals surface area contributed by atoms with Crippen molar-refractivity contribution in [2.45, 2.75) is 31.1 Å². The molecule has 3 N–H and O–H groups in total. The SMILES string of the molecule is CCCCCN(C)c1cc(S(=O)(=O)NC)ccc1N. The molecule has 0 aliphatic heterocycles. The average Bonchev–Trinajstić information content (AvgIpc) is 2.39. The fourth-order valence-corrected chi connectivity index (χ4v) is 2.61. The summed E-state index contributed by atoms with van der Waals surface area (Å²) in [5.74, 6) is 0. The van der Waals surface area contributed by atoms with E-state index >= 15 is 0 Å². The number of sulfonamides is 1. The summed E-state index contributed by atoms with van der Waals surface area (Å²) in [6, 6.07) is 4.77. The highest BCUT2D eigenvalue weighted by Crippen LogP contribution is 2.26. The second-order valence-corrected chi connectivity index (χ2v) is 6.44. The van der Waals surface area contributed by atoms with E-state index in [0.717, 1.165) is 31.5 Å². The number of benzene rings is 1. The molecule has 0 heterocycles. The van der Waals surface area contributed by atoms with Crippen molar-refractivity contribution in [1.82, 2.24) is 4.72 Å². The van der Waals surface area contributed by atoms with Gasteiger partial charge < -0.3 is 10.6 Å². The summed E-state index contributed by atoms with van der Waals surface area (Å²) in [4.78, 5) is 2.24. The Kier molecular flexibility index (Phi) is 5.62. The Balaban J connectivity index is 2.97. The Labute approximate surface area is 115 Å². The molecule has 0 aromatic heterocycles. The molecule has 1 rings (SSSR count). The first-order valence-corrected chi connectivity index (χ1v) is 7.95. The number of nitrogens with one attached hydrogen (secondary N) is 1. The number of anilines is 2. The normalized spacial score (nSPS) is 11.5. The number of nitrogens with two attached hydrogens (primary N) is 1. The van der Waals surface area contributed by atoms with Crippen LogP contribution in [-0.4, -0.2) is 29.1 Å². The monoisotopic (exact) mass is 285 g/mol. The summed E-state index contributed by atoms with van der Waals surface area (Å²) in [5.41, 5.74) is 7.27. The van der Waals surface area contributed by atoms with Crippen molar-refractivity contribution in [3.8, 4) is 0 Å².